The lowest BCUT2D eigenvalue weighted by Gasteiger charge is -2.09. The molecule has 0 spiro atoms. The predicted octanol–water partition coefficient (Wildman–Crippen LogP) is 4.30. The zero-order valence-electron chi connectivity index (χ0n) is 10.1. The van der Waals surface area contributed by atoms with E-state index in [-0.39, 0.29) is 0 Å². The number of hydrogen-bond donors (Lipinski definition) is 0. The van der Waals surface area contributed by atoms with Crippen LogP contribution in [-0.2, 0) is 12.8 Å². The minimum absolute atomic E-state index is 1.19. The first-order valence-corrected chi connectivity index (χ1v) is 6.07. The van der Waals surface area contributed by atoms with Crippen LogP contribution in [0.5, 0.6) is 0 Å². The van der Waals surface area contributed by atoms with E-state index in [1.54, 1.807) is 16.7 Å². The fourth-order valence-electron chi connectivity index (χ4n) is 2.45. The molecule has 0 bridgehead atoms. The van der Waals surface area contributed by atoms with Crippen LogP contribution in [0.1, 0.15) is 48.9 Å². The molecule has 0 unspecified atom stereocenters. The van der Waals surface area contributed by atoms with Crippen LogP contribution in [0.25, 0.3) is 6.08 Å². The molecule has 0 saturated carbocycles. The summed E-state index contributed by atoms with van der Waals surface area (Å²) in [5.41, 5.74) is 7.72. The Bertz CT molecular complexity index is 397. The molecule has 1 aromatic carbocycles. The molecule has 0 N–H and O–H groups in total. The lowest BCUT2D eigenvalue weighted by molar-refractivity contribution is 0.899. The Morgan fingerprint density at radius 2 is 2.00 bits per heavy atom. The molecule has 1 aliphatic rings. The number of fused-ring (bicyclic) bond motifs is 1. The normalized spacial score (nSPS) is 13.9. The smallest absolute Gasteiger partial charge is 0.00551 e. The summed E-state index contributed by atoms with van der Waals surface area (Å²) in [5, 5.41) is 0. The Hall–Kier alpha value is -1.04. The third kappa shape index (κ3) is 1.86. The van der Waals surface area contributed by atoms with Gasteiger partial charge in [-0.1, -0.05) is 44.1 Å². The summed E-state index contributed by atoms with van der Waals surface area (Å²) < 4.78 is 0. The zero-order valence-corrected chi connectivity index (χ0v) is 10.1. The van der Waals surface area contributed by atoms with Gasteiger partial charge >= 0.3 is 0 Å². The lowest BCUT2D eigenvalue weighted by Crippen LogP contribution is -1.95. The van der Waals surface area contributed by atoms with Crippen LogP contribution < -0.4 is 0 Å². The number of aryl methyl sites for hydroxylation is 2. The van der Waals surface area contributed by atoms with E-state index in [2.05, 4.69) is 39.0 Å². The van der Waals surface area contributed by atoms with E-state index in [4.69, 9.17) is 0 Å². The highest BCUT2D eigenvalue weighted by molar-refractivity contribution is 5.68. The quantitative estimate of drug-likeness (QED) is 0.682. The van der Waals surface area contributed by atoms with Gasteiger partial charge in [0.15, 0.2) is 0 Å². The molecule has 1 aliphatic carbocycles. The molecule has 0 fully saturated rings. The van der Waals surface area contributed by atoms with Gasteiger partial charge in [-0.2, -0.15) is 0 Å². The van der Waals surface area contributed by atoms with Crippen molar-refractivity contribution >= 4 is 6.08 Å². The number of hydrogen-bond acceptors (Lipinski definition) is 0. The average molecular weight is 200 g/mol. The highest BCUT2D eigenvalue weighted by Crippen LogP contribution is 2.32. The van der Waals surface area contributed by atoms with E-state index in [0.29, 0.717) is 0 Å². The van der Waals surface area contributed by atoms with Crippen LogP contribution in [-0.4, -0.2) is 0 Å². The van der Waals surface area contributed by atoms with Gasteiger partial charge in [-0.15, -0.1) is 0 Å². The third-order valence-corrected chi connectivity index (χ3v) is 3.40. The standard InChI is InChI=1S/C15H20/c1-4-6-13-8-7-11(3)14-9-12(5-2)10-15(13)14/h7-9H,4-6,10H2,1-3H3. The number of rotatable bonds is 3. The fraction of sp³-hybridized carbons (Fsp3) is 0.467. The zero-order chi connectivity index (χ0) is 10.8. The highest BCUT2D eigenvalue weighted by Gasteiger charge is 2.16. The Morgan fingerprint density at radius 1 is 1.20 bits per heavy atom. The molecule has 0 amide bonds. The summed E-state index contributed by atoms with van der Waals surface area (Å²) in [6.07, 6.45) is 7.27. The van der Waals surface area contributed by atoms with Crippen LogP contribution in [0.15, 0.2) is 17.7 Å². The maximum atomic E-state index is 2.41. The summed E-state index contributed by atoms with van der Waals surface area (Å²) >= 11 is 0. The van der Waals surface area contributed by atoms with Crippen LogP contribution >= 0.6 is 0 Å². The predicted molar refractivity (Wildman–Crippen MR) is 67.1 cm³/mol. The molecule has 0 aromatic heterocycles. The number of allylic oxidation sites excluding steroid dienone is 1. The summed E-state index contributed by atoms with van der Waals surface area (Å²) in [6.45, 7) is 6.74. The van der Waals surface area contributed by atoms with Crippen molar-refractivity contribution in [3.63, 3.8) is 0 Å². The molecule has 0 aliphatic heterocycles. The molecular weight excluding hydrogens is 180 g/mol. The van der Waals surface area contributed by atoms with Crippen LogP contribution in [0.2, 0.25) is 0 Å². The van der Waals surface area contributed by atoms with Crippen molar-refractivity contribution in [3.05, 3.63) is 40.0 Å². The van der Waals surface area contributed by atoms with Gasteiger partial charge in [0.2, 0.25) is 0 Å². The van der Waals surface area contributed by atoms with Crippen molar-refractivity contribution in [1.82, 2.24) is 0 Å². The summed E-state index contributed by atoms with van der Waals surface area (Å²) in [6, 6.07) is 4.60. The van der Waals surface area contributed by atoms with E-state index in [0.717, 1.165) is 0 Å². The minimum Gasteiger partial charge on any atom is -0.0655 e. The summed E-state index contributed by atoms with van der Waals surface area (Å²) in [4.78, 5) is 0. The van der Waals surface area contributed by atoms with Crippen molar-refractivity contribution in [1.29, 1.82) is 0 Å². The largest absolute Gasteiger partial charge is 0.0655 e. The Balaban J connectivity index is 2.42. The van der Waals surface area contributed by atoms with Crippen molar-refractivity contribution in [2.45, 2.75) is 46.5 Å². The molecule has 0 heterocycles. The molecule has 0 heteroatoms. The first kappa shape index (κ1) is 10.5. The van der Waals surface area contributed by atoms with Gasteiger partial charge in [0, 0.05) is 0 Å². The monoisotopic (exact) mass is 200 g/mol. The van der Waals surface area contributed by atoms with Gasteiger partial charge in [-0.05, 0) is 48.4 Å². The molecule has 2 rings (SSSR count). The van der Waals surface area contributed by atoms with Gasteiger partial charge in [0.25, 0.3) is 0 Å². The average Bonchev–Trinajstić information content (AvgIpc) is 2.67. The van der Waals surface area contributed by atoms with E-state index in [9.17, 15) is 0 Å². The maximum absolute atomic E-state index is 2.41. The van der Waals surface area contributed by atoms with E-state index in [1.807, 2.05) is 0 Å². The van der Waals surface area contributed by atoms with Crippen molar-refractivity contribution < 1.29 is 0 Å². The molecule has 1 aromatic rings. The first-order valence-electron chi connectivity index (χ1n) is 6.07. The second-order valence-electron chi connectivity index (χ2n) is 4.52. The van der Waals surface area contributed by atoms with Crippen molar-refractivity contribution in [2.75, 3.05) is 0 Å². The maximum Gasteiger partial charge on any atom is -0.00551 e. The SMILES string of the molecule is CCCc1ccc(C)c2c1CC(CC)=C2. The van der Waals surface area contributed by atoms with Gasteiger partial charge < -0.3 is 0 Å². The lowest BCUT2D eigenvalue weighted by atomic mass is 9.95. The summed E-state index contributed by atoms with van der Waals surface area (Å²) in [7, 11) is 0. The molecule has 0 nitrogen and oxygen atoms in total. The molecule has 15 heavy (non-hydrogen) atoms. The van der Waals surface area contributed by atoms with Crippen LogP contribution in [0.4, 0.5) is 0 Å². The van der Waals surface area contributed by atoms with E-state index in [1.165, 1.54) is 36.8 Å². The minimum atomic E-state index is 1.19. The summed E-state index contributed by atoms with van der Waals surface area (Å²) in [5.74, 6) is 0. The molecule has 80 valence electrons. The van der Waals surface area contributed by atoms with Crippen molar-refractivity contribution in [3.8, 4) is 0 Å². The van der Waals surface area contributed by atoms with Crippen LogP contribution in [0.3, 0.4) is 0 Å². The van der Waals surface area contributed by atoms with Crippen LogP contribution in [0, 0.1) is 6.92 Å². The molecule has 0 radical (unpaired) electrons. The second-order valence-corrected chi connectivity index (χ2v) is 4.52. The first-order chi connectivity index (χ1) is 7.26. The molecule has 0 saturated heterocycles. The Kier molecular flexibility index (Phi) is 2.95. The Morgan fingerprint density at radius 3 is 2.67 bits per heavy atom. The van der Waals surface area contributed by atoms with Crippen molar-refractivity contribution in [2.24, 2.45) is 0 Å². The van der Waals surface area contributed by atoms with E-state index >= 15 is 0 Å². The van der Waals surface area contributed by atoms with Gasteiger partial charge in [0.1, 0.15) is 0 Å². The highest BCUT2D eigenvalue weighted by atomic mass is 14.2. The fourth-order valence-corrected chi connectivity index (χ4v) is 2.45. The van der Waals surface area contributed by atoms with Gasteiger partial charge in [-0.25, -0.2) is 0 Å². The van der Waals surface area contributed by atoms with Gasteiger partial charge in [-0.3, -0.25) is 0 Å². The Labute approximate surface area is 93.0 Å². The molecule has 0 atom stereocenters. The van der Waals surface area contributed by atoms with Gasteiger partial charge in [0.05, 0.1) is 0 Å². The number of benzene rings is 1. The van der Waals surface area contributed by atoms with E-state index < -0.39 is 0 Å². The second kappa shape index (κ2) is 4.22. The topological polar surface area (TPSA) is 0 Å². The third-order valence-electron chi connectivity index (χ3n) is 3.40. The molecular formula is C15H20.